The quantitative estimate of drug-likeness (QED) is 0.847. The van der Waals surface area contributed by atoms with Gasteiger partial charge in [-0.05, 0) is 37.1 Å². The van der Waals surface area contributed by atoms with E-state index < -0.39 is 0 Å². The highest BCUT2D eigenvalue weighted by molar-refractivity contribution is 9.10. The molecule has 1 aromatic carbocycles. The van der Waals surface area contributed by atoms with Crippen LogP contribution in [0.5, 0.6) is 0 Å². The second-order valence-corrected chi connectivity index (χ2v) is 5.62. The lowest BCUT2D eigenvalue weighted by atomic mass is 10.1. The summed E-state index contributed by atoms with van der Waals surface area (Å²) in [6, 6.07) is 8.14. The fourth-order valence-corrected chi connectivity index (χ4v) is 2.14. The zero-order valence-corrected chi connectivity index (χ0v) is 13.2. The molecule has 0 aliphatic rings. The van der Waals surface area contributed by atoms with Gasteiger partial charge in [-0.3, -0.25) is 14.8 Å². The lowest BCUT2D eigenvalue weighted by Gasteiger charge is -2.12. The van der Waals surface area contributed by atoms with Gasteiger partial charge in [0.05, 0.1) is 11.9 Å². The van der Waals surface area contributed by atoms with Crippen LogP contribution in [0.15, 0.2) is 53.4 Å². The number of amides is 1. The van der Waals surface area contributed by atoms with Crippen molar-refractivity contribution >= 4 is 27.9 Å². The Labute approximate surface area is 132 Å². The van der Waals surface area contributed by atoms with E-state index in [4.69, 9.17) is 0 Å². The fraction of sp³-hybridized carbons (Fsp3) is 0.188. The molecule has 0 aliphatic carbocycles. The van der Waals surface area contributed by atoms with E-state index in [9.17, 15) is 4.79 Å². The van der Waals surface area contributed by atoms with Crippen LogP contribution in [-0.2, 0) is 11.2 Å². The molecular weight excluding hydrogens is 330 g/mol. The number of carbonyl (C=O) groups excluding carboxylic acids is 1. The molecule has 1 amide bonds. The molecule has 1 atom stereocenters. The number of nitrogens with one attached hydrogen (secondary N) is 1. The van der Waals surface area contributed by atoms with E-state index >= 15 is 0 Å². The highest BCUT2D eigenvalue weighted by Gasteiger charge is 2.06. The third kappa shape index (κ3) is 5.47. The summed E-state index contributed by atoms with van der Waals surface area (Å²) >= 11 is 3.40. The van der Waals surface area contributed by atoms with Gasteiger partial charge in [0.2, 0.25) is 5.91 Å². The van der Waals surface area contributed by atoms with E-state index in [2.05, 4.69) is 31.2 Å². The highest BCUT2D eigenvalue weighted by atomic mass is 79.9. The molecule has 1 aromatic heterocycles. The van der Waals surface area contributed by atoms with Crippen molar-refractivity contribution < 1.29 is 4.79 Å². The van der Waals surface area contributed by atoms with Gasteiger partial charge in [-0.2, -0.15) is 0 Å². The summed E-state index contributed by atoms with van der Waals surface area (Å²) in [5, 5.41) is 2.93. The van der Waals surface area contributed by atoms with Crippen molar-refractivity contribution in [2.75, 3.05) is 0 Å². The Kier molecular flexibility index (Phi) is 5.63. The lowest BCUT2D eigenvalue weighted by molar-refractivity contribution is -0.117. The number of halogens is 1. The summed E-state index contributed by atoms with van der Waals surface area (Å²) in [7, 11) is 0. The Morgan fingerprint density at radius 2 is 2.10 bits per heavy atom. The van der Waals surface area contributed by atoms with Gasteiger partial charge in [-0.1, -0.05) is 28.1 Å². The summed E-state index contributed by atoms with van der Waals surface area (Å²) in [6.45, 7) is 1.98. The van der Waals surface area contributed by atoms with Gasteiger partial charge >= 0.3 is 0 Å². The summed E-state index contributed by atoms with van der Waals surface area (Å²) in [5.74, 6) is -0.134. The van der Waals surface area contributed by atoms with Crippen molar-refractivity contribution in [3.8, 4) is 0 Å². The number of rotatable bonds is 5. The molecule has 21 heavy (non-hydrogen) atoms. The van der Waals surface area contributed by atoms with Gasteiger partial charge in [0, 0.05) is 29.0 Å². The molecule has 2 rings (SSSR count). The maximum Gasteiger partial charge on any atom is 0.244 e. The van der Waals surface area contributed by atoms with Crippen molar-refractivity contribution in [2.24, 2.45) is 0 Å². The van der Waals surface area contributed by atoms with Crippen molar-refractivity contribution in [1.29, 1.82) is 0 Å². The minimum atomic E-state index is -0.134. The first-order valence-corrected chi connectivity index (χ1v) is 7.42. The van der Waals surface area contributed by atoms with E-state index in [1.165, 1.54) is 11.6 Å². The third-order valence-electron chi connectivity index (χ3n) is 2.83. The van der Waals surface area contributed by atoms with Gasteiger partial charge in [0.15, 0.2) is 0 Å². The molecule has 5 heteroatoms. The highest BCUT2D eigenvalue weighted by Crippen LogP contribution is 2.11. The first-order valence-electron chi connectivity index (χ1n) is 6.62. The number of nitrogens with zero attached hydrogens (tertiary/aromatic N) is 2. The Morgan fingerprint density at radius 1 is 1.33 bits per heavy atom. The molecule has 2 aromatic rings. The largest absolute Gasteiger partial charge is 0.350 e. The Hall–Kier alpha value is -2.01. The van der Waals surface area contributed by atoms with E-state index in [0.717, 1.165) is 10.9 Å². The molecule has 108 valence electrons. The average molecular weight is 346 g/mol. The number of hydrogen-bond donors (Lipinski definition) is 1. The first-order chi connectivity index (χ1) is 10.1. The van der Waals surface area contributed by atoms with Crippen molar-refractivity contribution in [1.82, 2.24) is 15.3 Å². The van der Waals surface area contributed by atoms with Crippen LogP contribution in [-0.4, -0.2) is 21.9 Å². The molecule has 0 saturated heterocycles. The predicted molar refractivity (Wildman–Crippen MR) is 86.5 cm³/mol. The first kappa shape index (κ1) is 15.4. The van der Waals surface area contributed by atoms with Gasteiger partial charge < -0.3 is 5.32 Å². The number of benzene rings is 1. The van der Waals surface area contributed by atoms with Gasteiger partial charge in [0.1, 0.15) is 0 Å². The molecule has 0 fully saturated rings. The van der Waals surface area contributed by atoms with Crippen LogP contribution in [0.25, 0.3) is 6.08 Å². The van der Waals surface area contributed by atoms with Crippen LogP contribution in [0.4, 0.5) is 0 Å². The smallest absolute Gasteiger partial charge is 0.244 e. The van der Waals surface area contributed by atoms with Crippen molar-refractivity contribution in [3.63, 3.8) is 0 Å². The van der Waals surface area contributed by atoms with Crippen LogP contribution in [0.2, 0.25) is 0 Å². The van der Waals surface area contributed by atoms with Gasteiger partial charge in [-0.25, -0.2) is 0 Å². The number of aromatic nitrogens is 2. The molecule has 0 saturated carbocycles. The molecular formula is C16H16BrN3O. The second kappa shape index (κ2) is 7.69. The summed E-state index contributed by atoms with van der Waals surface area (Å²) < 4.78 is 1.05. The van der Waals surface area contributed by atoms with E-state index in [1.54, 1.807) is 24.7 Å². The summed E-state index contributed by atoms with van der Waals surface area (Å²) in [5.41, 5.74) is 1.84. The summed E-state index contributed by atoms with van der Waals surface area (Å²) in [4.78, 5) is 19.8. The normalized spacial score (nSPS) is 12.3. The molecule has 1 heterocycles. The second-order valence-electron chi connectivity index (χ2n) is 4.70. The standard InChI is InChI=1S/C16H16BrN3O/c1-12(10-13-2-4-14(17)5-3-13)20-16(21)7-6-15-11-18-8-9-19-15/h2-9,11-12H,10H2,1H3,(H,20,21)/b7-6-/t12-/m1/s1. The zero-order valence-electron chi connectivity index (χ0n) is 11.7. The van der Waals surface area contributed by atoms with E-state index in [0.29, 0.717) is 5.69 Å². The molecule has 4 nitrogen and oxygen atoms in total. The van der Waals surface area contributed by atoms with Crippen LogP contribution in [0.3, 0.4) is 0 Å². The van der Waals surface area contributed by atoms with Crippen LogP contribution in [0.1, 0.15) is 18.2 Å². The Morgan fingerprint density at radius 3 is 2.76 bits per heavy atom. The van der Waals surface area contributed by atoms with Crippen LogP contribution in [0, 0.1) is 0 Å². The number of carbonyl (C=O) groups is 1. The minimum absolute atomic E-state index is 0.0604. The van der Waals surface area contributed by atoms with Crippen molar-refractivity contribution in [3.05, 3.63) is 64.7 Å². The van der Waals surface area contributed by atoms with E-state index in [-0.39, 0.29) is 11.9 Å². The average Bonchev–Trinajstić information content (AvgIpc) is 2.48. The fourth-order valence-electron chi connectivity index (χ4n) is 1.87. The summed E-state index contributed by atoms with van der Waals surface area (Å²) in [6.07, 6.45) is 8.70. The minimum Gasteiger partial charge on any atom is -0.350 e. The lowest BCUT2D eigenvalue weighted by Crippen LogP contribution is -2.32. The SMILES string of the molecule is C[C@H](Cc1ccc(Br)cc1)NC(=O)/C=C\c1cnccn1. The maximum atomic E-state index is 11.8. The monoisotopic (exact) mass is 345 g/mol. The van der Waals surface area contributed by atoms with E-state index in [1.807, 2.05) is 31.2 Å². The molecule has 1 N–H and O–H groups in total. The Balaban J connectivity index is 1.84. The zero-order chi connectivity index (χ0) is 15.1. The van der Waals surface area contributed by atoms with Crippen molar-refractivity contribution in [2.45, 2.75) is 19.4 Å². The Bertz CT molecular complexity index is 611. The van der Waals surface area contributed by atoms with Crippen LogP contribution < -0.4 is 5.32 Å². The third-order valence-corrected chi connectivity index (χ3v) is 3.36. The van der Waals surface area contributed by atoms with Crippen LogP contribution >= 0.6 is 15.9 Å². The molecule has 0 unspecified atom stereocenters. The molecule has 0 bridgehead atoms. The topological polar surface area (TPSA) is 54.9 Å². The molecule has 0 radical (unpaired) electrons. The predicted octanol–water partition coefficient (Wildman–Crippen LogP) is 3.00. The molecule has 0 aliphatic heterocycles. The maximum absolute atomic E-state index is 11.8. The molecule has 0 spiro atoms. The number of hydrogen-bond acceptors (Lipinski definition) is 3. The van der Waals surface area contributed by atoms with Gasteiger partial charge in [0.25, 0.3) is 0 Å². The van der Waals surface area contributed by atoms with Gasteiger partial charge in [-0.15, -0.1) is 0 Å².